The SMILES string of the molecule is C[C@]12C=C[C@@H](O1)[C@@H]1C(=O)N(c3ccc(Br)cc3)C(=O)[C@@H]12. The summed E-state index contributed by atoms with van der Waals surface area (Å²) < 4.78 is 6.70. The summed E-state index contributed by atoms with van der Waals surface area (Å²) in [5.41, 5.74) is -0.00719. The van der Waals surface area contributed by atoms with Gasteiger partial charge in [-0.2, -0.15) is 0 Å². The Morgan fingerprint density at radius 2 is 1.90 bits per heavy atom. The highest BCUT2D eigenvalue weighted by Gasteiger charge is 2.65. The monoisotopic (exact) mass is 333 g/mol. The van der Waals surface area contributed by atoms with Gasteiger partial charge in [0.05, 0.1) is 29.2 Å². The topological polar surface area (TPSA) is 46.6 Å². The first-order valence-electron chi connectivity index (χ1n) is 6.52. The van der Waals surface area contributed by atoms with Crippen molar-refractivity contribution in [3.63, 3.8) is 0 Å². The van der Waals surface area contributed by atoms with Crippen molar-refractivity contribution in [3.8, 4) is 0 Å². The van der Waals surface area contributed by atoms with E-state index >= 15 is 0 Å². The van der Waals surface area contributed by atoms with Crippen LogP contribution in [0.4, 0.5) is 5.69 Å². The molecule has 2 amide bonds. The molecule has 3 aliphatic rings. The molecule has 0 aromatic heterocycles. The van der Waals surface area contributed by atoms with Gasteiger partial charge in [0.15, 0.2) is 0 Å². The van der Waals surface area contributed by atoms with Crippen molar-refractivity contribution >= 4 is 33.4 Å². The Morgan fingerprint density at radius 3 is 2.55 bits per heavy atom. The summed E-state index contributed by atoms with van der Waals surface area (Å²) in [4.78, 5) is 26.6. The third kappa shape index (κ3) is 1.39. The Morgan fingerprint density at radius 1 is 1.20 bits per heavy atom. The zero-order valence-electron chi connectivity index (χ0n) is 10.7. The first-order valence-corrected chi connectivity index (χ1v) is 7.31. The van der Waals surface area contributed by atoms with Crippen molar-refractivity contribution in [1.29, 1.82) is 0 Å². The summed E-state index contributed by atoms with van der Waals surface area (Å²) in [6, 6.07) is 7.21. The van der Waals surface area contributed by atoms with Crippen LogP contribution in [-0.4, -0.2) is 23.5 Å². The fourth-order valence-electron chi connectivity index (χ4n) is 3.50. The van der Waals surface area contributed by atoms with Crippen molar-refractivity contribution in [1.82, 2.24) is 0 Å². The predicted molar refractivity (Wildman–Crippen MR) is 76.0 cm³/mol. The Hall–Kier alpha value is -1.46. The summed E-state index contributed by atoms with van der Waals surface area (Å²) in [5.74, 6) is -1.08. The Bertz CT molecular complexity index is 654. The maximum absolute atomic E-state index is 12.7. The van der Waals surface area contributed by atoms with Crippen molar-refractivity contribution < 1.29 is 14.3 Å². The Balaban J connectivity index is 1.77. The van der Waals surface area contributed by atoms with Crippen LogP contribution in [0.2, 0.25) is 0 Å². The molecule has 2 bridgehead atoms. The number of amides is 2. The van der Waals surface area contributed by atoms with Crippen molar-refractivity contribution in [2.24, 2.45) is 11.8 Å². The molecule has 2 saturated heterocycles. The maximum atomic E-state index is 12.7. The number of imide groups is 1. The molecule has 0 unspecified atom stereocenters. The van der Waals surface area contributed by atoms with Gasteiger partial charge in [0, 0.05) is 4.47 Å². The summed E-state index contributed by atoms with van der Waals surface area (Å²) in [7, 11) is 0. The van der Waals surface area contributed by atoms with Crippen LogP contribution in [0.15, 0.2) is 40.9 Å². The van der Waals surface area contributed by atoms with Crippen LogP contribution in [0, 0.1) is 11.8 Å². The van der Waals surface area contributed by atoms with Crippen LogP contribution in [0.1, 0.15) is 6.92 Å². The molecule has 0 N–H and O–H groups in total. The average Bonchev–Trinajstić information content (AvgIpc) is 3.01. The normalized spacial score (nSPS) is 37.9. The van der Waals surface area contributed by atoms with Gasteiger partial charge >= 0.3 is 0 Å². The molecule has 1 aromatic rings. The summed E-state index contributed by atoms with van der Waals surface area (Å²) in [5, 5.41) is 0. The van der Waals surface area contributed by atoms with Crippen molar-refractivity contribution in [2.45, 2.75) is 18.6 Å². The molecule has 5 heteroatoms. The first kappa shape index (κ1) is 12.3. The van der Waals surface area contributed by atoms with E-state index in [2.05, 4.69) is 15.9 Å². The van der Waals surface area contributed by atoms with Crippen molar-refractivity contribution in [3.05, 3.63) is 40.9 Å². The van der Waals surface area contributed by atoms with Crippen LogP contribution in [0.3, 0.4) is 0 Å². The summed E-state index contributed by atoms with van der Waals surface area (Å²) >= 11 is 3.35. The molecule has 102 valence electrons. The minimum absolute atomic E-state index is 0.152. The number of halogens is 1. The largest absolute Gasteiger partial charge is 0.362 e. The van der Waals surface area contributed by atoms with Crippen LogP contribution in [0.25, 0.3) is 0 Å². The van der Waals surface area contributed by atoms with Crippen LogP contribution >= 0.6 is 15.9 Å². The number of carbonyl (C=O) groups excluding carboxylic acids is 2. The highest BCUT2D eigenvalue weighted by molar-refractivity contribution is 9.10. The van der Waals surface area contributed by atoms with E-state index in [1.807, 2.05) is 31.2 Å². The molecule has 2 fully saturated rings. The molecule has 4 rings (SSSR count). The fraction of sp³-hybridized carbons (Fsp3) is 0.333. The molecular weight excluding hydrogens is 322 g/mol. The van der Waals surface area contributed by atoms with E-state index in [0.717, 1.165) is 4.47 Å². The number of anilines is 1. The maximum Gasteiger partial charge on any atom is 0.241 e. The van der Waals surface area contributed by atoms with Gasteiger partial charge in [-0.15, -0.1) is 0 Å². The van der Waals surface area contributed by atoms with Gasteiger partial charge in [0.2, 0.25) is 11.8 Å². The second kappa shape index (κ2) is 3.80. The molecule has 0 saturated carbocycles. The molecule has 0 aliphatic carbocycles. The molecule has 4 atom stereocenters. The minimum Gasteiger partial charge on any atom is -0.362 e. The fourth-order valence-corrected chi connectivity index (χ4v) is 3.76. The van der Waals surface area contributed by atoms with Gasteiger partial charge in [-0.3, -0.25) is 9.59 Å². The standard InChI is InChI=1S/C15H12BrNO3/c1-15-7-6-10(20-15)11-12(15)14(19)17(13(11)18)9-4-2-8(16)3-5-9/h2-7,10-12H,1H3/t10-,11+,12-,15-/m1/s1. The predicted octanol–water partition coefficient (Wildman–Crippen LogP) is 2.28. The lowest BCUT2D eigenvalue weighted by Crippen LogP contribution is -2.38. The zero-order chi connectivity index (χ0) is 14.1. The van der Waals surface area contributed by atoms with Gasteiger partial charge in [0.25, 0.3) is 0 Å². The quantitative estimate of drug-likeness (QED) is 0.585. The molecule has 3 aliphatic heterocycles. The number of nitrogens with zero attached hydrogens (tertiary/aromatic N) is 1. The van der Waals surface area contributed by atoms with E-state index in [1.165, 1.54) is 4.90 Å². The molecular formula is C15H12BrNO3. The van der Waals surface area contributed by atoms with Crippen LogP contribution < -0.4 is 4.90 Å². The zero-order valence-corrected chi connectivity index (χ0v) is 12.3. The van der Waals surface area contributed by atoms with Gasteiger partial charge in [-0.05, 0) is 31.2 Å². The second-order valence-electron chi connectivity index (χ2n) is 5.62. The Kier molecular flexibility index (Phi) is 2.34. The third-order valence-electron chi connectivity index (χ3n) is 4.41. The molecule has 0 spiro atoms. The number of carbonyl (C=O) groups is 2. The Labute approximate surface area is 124 Å². The van der Waals surface area contributed by atoms with Crippen molar-refractivity contribution in [2.75, 3.05) is 4.90 Å². The van der Waals surface area contributed by atoms with Gasteiger partial charge in [0.1, 0.15) is 0 Å². The number of rotatable bonds is 1. The molecule has 20 heavy (non-hydrogen) atoms. The molecule has 0 radical (unpaired) electrons. The minimum atomic E-state index is -0.633. The second-order valence-corrected chi connectivity index (χ2v) is 6.53. The van der Waals surface area contributed by atoms with Gasteiger partial charge in [-0.1, -0.05) is 28.1 Å². The molecule has 1 aromatic carbocycles. The van der Waals surface area contributed by atoms with E-state index < -0.39 is 11.5 Å². The summed E-state index contributed by atoms with van der Waals surface area (Å²) in [6.07, 6.45) is 3.55. The molecule has 4 nitrogen and oxygen atoms in total. The molecule has 3 heterocycles. The van der Waals surface area contributed by atoms with E-state index in [4.69, 9.17) is 4.74 Å². The lowest BCUT2D eigenvalue weighted by atomic mass is 9.78. The average molecular weight is 334 g/mol. The first-order chi connectivity index (χ1) is 9.51. The third-order valence-corrected chi connectivity index (χ3v) is 4.94. The van der Waals surface area contributed by atoms with Gasteiger partial charge in [-0.25, -0.2) is 4.90 Å². The highest BCUT2D eigenvalue weighted by Crippen LogP contribution is 2.52. The summed E-state index contributed by atoms with van der Waals surface area (Å²) in [6.45, 7) is 1.88. The van der Waals surface area contributed by atoms with Gasteiger partial charge < -0.3 is 4.74 Å². The van der Waals surface area contributed by atoms with E-state index in [1.54, 1.807) is 12.1 Å². The van der Waals surface area contributed by atoms with E-state index in [0.29, 0.717) is 5.69 Å². The van der Waals surface area contributed by atoms with E-state index in [-0.39, 0.29) is 23.8 Å². The number of fused-ring (bicyclic) bond motifs is 5. The lowest BCUT2D eigenvalue weighted by Gasteiger charge is -2.24. The highest BCUT2D eigenvalue weighted by atomic mass is 79.9. The lowest BCUT2D eigenvalue weighted by molar-refractivity contribution is -0.126. The number of hydrogen-bond acceptors (Lipinski definition) is 3. The number of ether oxygens (including phenoxy) is 1. The van der Waals surface area contributed by atoms with Crippen LogP contribution in [-0.2, 0) is 14.3 Å². The van der Waals surface area contributed by atoms with Crippen LogP contribution in [0.5, 0.6) is 0 Å². The number of hydrogen-bond donors (Lipinski definition) is 0. The number of benzene rings is 1. The van der Waals surface area contributed by atoms with E-state index in [9.17, 15) is 9.59 Å². The smallest absolute Gasteiger partial charge is 0.241 e.